The van der Waals surface area contributed by atoms with E-state index in [0.29, 0.717) is 10.6 Å². The normalized spacial score (nSPS) is 10.9. The Labute approximate surface area is 127 Å². The lowest BCUT2D eigenvalue weighted by Gasteiger charge is -2.10. The van der Waals surface area contributed by atoms with Crippen LogP contribution < -0.4 is 0 Å². The van der Waals surface area contributed by atoms with Crippen molar-refractivity contribution in [2.45, 2.75) is 6.92 Å². The molecule has 0 atom stereocenters. The number of hydrogen-bond donors (Lipinski definition) is 0. The van der Waals surface area contributed by atoms with Crippen LogP contribution >= 0.6 is 69.3 Å². The highest BCUT2D eigenvalue weighted by Gasteiger charge is 2.21. The molecule has 0 aliphatic rings. The van der Waals surface area contributed by atoms with Gasteiger partial charge in [0.15, 0.2) is 0 Å². The predicted octanol–water partition coefficient (Wildman–Crippen LogP) is 6.39. The van der Waals surface area contributed by atoms with Crippen molar-refractivity contribution in [3.63, 3.8) is 0 Å². The number of halogens is 5. The quantitative estimate of drug-likeness (QED) is 0.430. The van der Waals surface area contributed by atoms with Crippen molar-refractivity contribution in [1.29, 1.82) is 0 Å². The van der Waals surface area contributed by atoms with Gasteiger partial charge in [-0.2, -0.15) is 0 Å². The molecule has 0 radical (unpaired) electrons. The summed E-state index contributed by atoms with van der Waals surface area (Å²) in [6, 6.07) is 0. The van der Waals surface area contributed by atoms with E-state index < -0.39 is 0 Å². The molecule has 0 saturated heterocycles. The number of aromatic nitrogens is 1. The minimum Gasteiger partial charge on any atom is -0.244 e. The van der Waals surface area contributed by atoms with Crippen LogP contribution in [0.1, 0.15) is 4.88 Å². The van der Waals surface area contributed by atoms with Crippen LogP contribution in [0.15, 0.2) is 6.20 Å². The molecule has 0 unspecified atom stereocenters. The summed E-state index contributed by atoms with van der Waals surface area (Å²) in [7, 11) is 0. The van der Waals surface area contributed by atoms with Gasteiger partial charge in [-0.3, -0.25) is 0 Å². The van der Waals surface area contributed by atoms with E-state index in [0.717, 1.165) is 4.88 Å². The molecule has 2 rings (SSSR count). The molecule has 2 aromatic rings. The number of aryl methyl sites for hydroxylation is 1. The van der Waals surface area contributed by atoms with Crippen molar-refractivity contribution < 1.29 is 0 Å². The Kier molecular flexibility index (Phi) is 4.13. The molecule has 7 heteroatoms. The second-order valence-electron chi connectivity index (χ2n) is 3.22. The number of rotatable bonds is 1. The fraction of sp³-hybridized carbons (Fsp3) is 0.100. The van der Waals surface area contributed by atoms with Gasteiger partial charge in [-0.1, -0.05) is 58.0 Å². The number of hydrogen-bond acceptors (Lipinski definition) is 2. The summed E-state index contributed by atoms with van der Waals surface area (Å²) in [5.74, 6) is 0. The molecular formula is C10H4Cl5NS. The van der Waals surface area contributed by atoms with E-state index in [4.69, 9.17) is 58.0 Å². The smallest absolute Gasteiger partial charge is 0.126 e. The van der Waals surface area contributed by atoms with Crippen LogP contribution in [0, 0.1) is 6.92 Å². The van der Waals surface area contributed by atoms with Gasteiger partial charge in [-0.05, 0) is 6.92 Å². The van der Waals surface area contributed by atoms with Gasteiger partial charge in [-0.15, -0.1) is 11.3 Å². The maximum Gasteiger partial charge on any atom is 0.126 e. The van der Waals surface area contributed by atoms with Gasteiger partial charge in [-0.25, -0.2) is 4.98 Å². The van der Waals surface area contributed by atoms with Gasteiger partial charge in [0.1, 0.15) is 5.01 Å². The summed E-state index contributed by atoms with van der Waals surface area (Å²) >= 11 is 31.6. The first-order valence-corrected chi connectivity index (χ1v) is 7.08. The van der Waals surface area contributed by atoms with Crippen molar-refractivity contribution in [1.82, 2.24) is 4.98 Å². The molecular weight excluding hydrogens is 343 g/mol. The van der Waals surface area contributed by atoms with Crippen LogP contribution in [-0.4, -0.2) is 4.98 Å². The van der Waals surface area contributed by atoms with Crippen LogP contribution in [0.5, 0.6) is 0 Å². The summed E-state index contributed by atoms with van der Waals surface area (Å²) in [5.41, 5.74) is 0.519. The Morgan fingerprint density at radius 3 is 1.76 bits per heavy atom. The van der Waals surface area contributed by atoms with E-state index in [-0.39, 0.29) is 25.1 Å². The van der Waals surface area contributed by atoms with E-state index >= 15 is 0 Å². The third-order valence-corrected chi connectivity index (χ3v) is 5.25. The fourth-order valence-electron chi connectivity index (χ4n) is 1.26. The zero-order valence-electron chi connectivity index (χ0n) is 8.32. The zero-order valence-corrected chi connectivity index (χ0v) is 12.9. The van der Waals surface area contributed by atoms with Crippen molar-refractivity contribution in [2.24, 2.45) is 0 Å². The van der Waals surface area contributed by atoms with Crippen molar-refractivity contribution in [3.8, 4) is 10.6 Å². The topological polar surface area (TPSA) is 12.9 Å². The molecule has 1 aromatic heterocycles. The highest BCUT2D eigenvalue weighted by molar-refractivity contribution is 7.15. The number of thiazole rings is 1. The van der Waals surface area contributed by atoms with Crippen molar-refractivity contribution in [3.05, 3.63) is 36.2 Å². The molecule has 90 valence electrons. The summed E-state index contributed by atoms with van der Waals surface area (Å²) in [5, 5.41) is 1.72. The first-order chi connectivity index (χ1) is 7.93. The second kappa shape index (κ2) is 5.12. The van der Waals surface area contributed by atoms with Crippen molar-refractivity contribution in [2.75, 3.05) is 0 Å². The molecule has 0 N–H and O–H groups in total. The lowest BCUT2D eigenvalue weighted by molar-refractivity contribution is 1.38. The highest BCUT2D eigenvalue weighted by atomic mass is 35.5. The molecule has 0 fully saturated rings. The lowest BCUT2D eigenvalue weighted by Crippen LogP contribution is -1.85. The first-order valence-electron chi connectivity index (χ1n) is 4.37. The Bertz CT molecular complexity index is 564. The molecule has 0 amide bonds. The summed E-state index contributed by atoms with van der Waals surface area (Å²) in [4.78, 5) is 5.25. The van der Waals surface area contributed by atoms with Gasteiger partial charge in [0.05, 0.1) is 30.7 Å². The Hall–Kier alpha value is 0.300. The Morgan fingerprint density at radius 2 is 1.35 bits per heavy atom. The van der Waals surface area contributed by atoms with Crippen molar-refractivity contribution >= 4 is 69.3 Å². The highest BCUT2D eigenvalue weighted by Crippen LogP contribution is 2.48. The number of nitrogens with zero attached hydrogens (tertiary/aromatic N) is 1. The zero-order chi connectivity index (χ0) is 12.7. The largest absolute Gasteiger partial charge is 0.244 e. The molecule has 1 nitrogen and oxygen atoms in total. The molecule has 0 spiro atoms. The molecule has 0 aliphatic carbocycles. The maximum atomic E-state index is 6.13. The van der Waals surface area contributed by atoms with E-state index in [1.54, 1.807) is 6.20 Å². The average molecular weight is 347 g/mol. The van der Waals surface area contributed by atoms with Crippen LogP contribution in [-0.2, 0) is 0 Å². The van der Waals surface area contributed by atoms with Crippen LogP contribution in [0.25, 0.3) is 10.6 Å². The van der Waals surface area contributed by atoms with E-state index in [1.165, 1.54) is 11.3 Å². The summed E-state index contributed by atoms with van der Waals surface area (Å²) in [6.45, 7) is 1.93. The predicted molar refractivity (Wildman–Crippen MR) is 77.3 cm³/mol. The fourth-order valence-corrected chi connectivity index (χ4v) is 3.51. The molecule has 0 bridgehead atoms. The molecule has 1 aromatic carbocycles. The Morgan fingerprint density at radius 1 is 0.882 bits per heavy atom. The van der Waals surface area contributed by atoms with E-state index in [2.05, 4.69) is 4.98 Å². The Balaban J connectivity index is 2.78. The van der Waals surface area contributed by atoms with Gasteiger partial charge >= 0.3 is 0 Å². The molecule has 0 aliphatic heterocycles. The second-order valence-corrected chi connectivity index (χ2v) is 6.35. The number of benzene rings is 1. The standard InChI is InChI=1S/C10H4Cl5NS/c1-3-2-16-10(17-3)4-5(11)7(13)9(15)8(14)6(4)12/h2H,1H3. The molecule has 0 saturated carbocycles. The first kappa shape index (κ1) is 13.7. The van der Waals surface area contributed by atoms with E-state index in [9.17, 15) is 0 Å². The summed E-state index contributed by atoms with van der Waals surface area (Å²) < 4.78 is 0. The lowest BCUT2D eigenvalue weighted by atomic mass is 10.2. The van der Waals surface area contributed by atoms with Gasteiger partial charge in [0, 0.05) is 11.1 Å². The van der Waals surface area contributed by atoms with Crippen LogP contribution in [0.2, 0.25) is 25.1 Å². The van der Waals surface area contributed by atoms with Crippen LogP contribution in [0.3, 0.4) is 0 Å². The average Bonchev–Trinajstić information content (AvgIpc) is 2.71. The minimum absolute atomic E-state index is 0.153. The summed E-state index contributed by atoms with van der Waals surface area (Å²) in [6.07, 6.45) is 1.73. The van der Waals surface area contributed by atoms with Gasteiger partial charge in [0.25, 0.3) is 0 Å². The van der Waals surface area contributed by atoms with Crippen LogP contribution in [0.4, 0.5) is 0 Å². The minimum atomic E-state index is 0.153. The molecule has 1 heterocycles. The van der Waals surface area contributed by atoms with Gasteiger partial charge in [0.2, 0.25) is 0 Å². The SMILES string of the molecule is Cc1cnc(-c2c(Cl)c(Cl)c(Cl)c(Cl)c2Cl)s1. The van der Waals surface area contributed by atoms with Gasteiger partial charge < -0.3 is 0 Å². The maximum absolute atomic E-state index is 6.13. The third-order valence-electron chi connectivity index (χ3n) is 2.04. The monoisotopic (exact) mass is 345 g/mol. The molecule has 17 heavy (non-hydrogen) atoms. The third kappa shape index (κ3) is 2.40. The van der Waals surface area contributed by atoms with E-state index in [1.807, 2.05) is 6.92 Å².